The lowest BCUT2D eigenvalue weighted by molar-refractivity contribution is -0.125. The van der Waals surface area contributed by atoms with Gasteiger partial charge in [-0.3, -0.25) is 4.79 Å². The molecule has 3 rings (SSSR count). The van der Waals surface area contributed by atoms with E-state index in [0.29, 0.717) is 17.5 Å². The summed E-state index contributed by atoms with van der Waals surface area (Å²) in [4.78, 5) is 24.8. The number of amides is 1. The van der Waals surface area contributed by atoms with E-state index in [2.05, 4.69) is 24.3 Å². The van der Waals surface area contributed by atoms with Crippen LogP contribution in [0.25, 0.3) is 5.69 Å². The first kappa shape index (κ1) is 20.4. The largest absolute Gasteiger partial charge is 0.452 e. The van der Waals surface area contributed by atoms with E-state index in [4.69, 9.17) is 16.3 Å². The number of hydrogen-bond donors (Lipinski definition) is 1. The number of nitrogens with one attached hydrogen (secondary N) is 1. The van der Waals surface area contributed by atoms with Crippen molar-refractivity contribution < 1.29 is 14.3 Å². The fourth-order valence-corrected chi connectivity index (χ4v) is 4.06. The van der Waals surface area contributed by atoms with Gasteiger partial charge in [0.2, 0.25) is 0 Å². The molecule has 1 fully saturated rings. The molecule has 0 bridgehead atoms. The molecule has 0 aliphatic heterocycles. The predicted molar refractivity (Wildman–Crippen MR) is 108 cm³/mol. The van der Waals surface area contributed by atoms with Crippen LogP contribution in [0.15, 0.2) is 30.3 Å². The first-order chi connectivity index (χ1) is 13.4. The van der Waals surface area contributed by atoms with Crippen LogP contribution in [0.5, 0.6) is 0 Å². The predicted octanol–water partition coefficient (Wildman–Crippen LogP) is 3.93. The maximum absolute atomic E-state index is 12.5. The molecular formula is C21H26ClN3O3. The molecule has 7 heteroatoms. The number of aromatic nitrogens is 2. The van der Waals surface area contributed by atoms with E-state index in [1.807, 2.05) is 30.3 Å². The summed E-state index contributed by atoms with van der Waals surface area (Å²) in [5.41, 5.74) is 1.37. The molecule has 3 atom stereocenters. The summed E-state index contributed by atoms with van der Waals surface area (Å²) < 4.78 is 6.70. The zero-order chi connectivity index (χ0) is 20.3. The van der Waals surface area contributed by atoms with Crippen molar-refractivity contribution in [1.29, 1.82) is 0 Å². The van der Waals surface area contributed by atoms with Crippen molar-refractivity contribution in [2.75, 3.05) is 6.61 Å². The Morgan fingerprint density at radius 1 is 1.25 bits per heavy atom. The van der Waals surface area contributed by atoms with E-state index < -0.39 is 5.97 Å². The van der Waals surface area contributed by atoms with Crippen molar-refractivity contribution in [3.8, 4) is 5.69 Å². The Balaban J connectivity index is 1.62. The highest BCUT2D eigenvalue weighted by Gasteiger charge is 2.29. The molecule has 1 N–H and O–H groups in total. The maximum Gasteiger partial charge on any atom is 0.343 e. The lowest BCUT2D eigenvalue weighted by Crippen LogP contribution is -2.45. The summed E-state index contributed by atoms with van der Waals surface area (Å²) in [6.45, 7) is 5.72. The smallest absolute Gasteiger partial charge is 0.343 e. The number of hydrogen-bond acceptors (Lipinski definition) is 4. The zero-order valence-electron chi connectivity index (χ0n) is 16.4. The highest BCUT2D eigenvalue weighted by atomic mass is 35.5. The number of benzene rings is 1. The Bertz CT molecular complexity index is 850. The molecule has 1 aliphatic rings. The summed E-state index contributed by atoms with van der Waals surface area (Å²) in [5.74, 6) is 0.0505. The van der Waals surface area contributed by atoms with Crippen molar-refractivity contribution in [3.63, 3.8) is 0 Å². The monoisotopic (exact) mass is 403 g/mol. The average molecular weight is 404 g/mol. The van der Waals surface area contributed by atoms with Gasteiger partial charge < -0.3 is 10.1 Å². The van der Waals surface area contributed by atoms with Gasteiger partial charge in [0.05, 0.1) is 11.4 Å². The molecule has 0 saturated heterocycles. The minimum absolute atomic E-state index is 0.126. The zero-order valence-corrected chi connectivity index (χ0v) is 17.2. The number of para-hydroxylation sites is 1. The summed E-state index contributed by atoms with van der Waals surface area (Å²) in [6, 6.07) is 9.41. The van der Waals surface area contributed by atoms with Gasteiger partial charge in [-0.1, -0.05) is 56.5 Å². The van der Waals surface area contributed by atoms with Gasteiger partial charge in [0.1, 0.15) is 10.7 Å². The van der Waals surface area contributed by atoms with Gasteiger partial charge in [0.15, 0.2) is 6.61 Å². The van der Waals surface area contributed by atoms with Crippen molar-refractivity contribution in [2.24, 2.45) is 11.8 Å². The molecule has 2 aromatic rings. The van der Waals surface area contributed by atoms with Crippen LogP contribution in [0.1, 0.15) is 49.2 Å². The molecule has 1 aliphatic carbocycles. The summed E-state index contributed by atoms with van der Waals surface area (Å²) >= 11 is 6.36. The van der Waals surface area contributed by atoms with E-state index in [-0.39, 0.29) is 29.3 Å². The Kier molecular flexibility index (Phi) is 6.39. The summed E-state index contributed by atoms with van der Waals surface area (Å²) in [5, 5.41) is 7.49. The minimum Gasteiger partial charge on any atom is -0.452 e. The highest BCUT2D eigenvalue weighted by Crippen LogP contribution is 2.29. The fourth-order valence-electron chi connectivity index (χ4n) is 3.71. The van der Waals surface area contributed by atoms with Crippen LogP contribution in [0.2, 0.25) is 5.15 Å². The molecule has 1 aromatic carbocycles. The average Bonchev–Trinajstić information content (AvgIpc) is 2.98. The van der Waals surface area contributed by atoms with Crippen LogP contribution in [-0.4, -0.2) is 34.3 Å². The first-order valence-electron chi connectivity index (χ1n) is 9.65. The summed E-state index contributed by atoms with van der Waals surface area (Å²) in [7, 11) is 0. The Morgan fingerprint density at radius 2 is 1.96 bits per heavy atom. The second-order valence-corrected chi connectivity index (χ2v) is 7.87. The second-order valence-electron chi connectivity index (χ2n) is 7.52. The minimum atomic E-state index is -0.648. The molecule has 1 amide bonds. The molecule has 1 saturated carbocycles. The van der Waals surface area contributed by atoms with E-state index in [0.717, 1.165) is 18.5 Å². The normalized spacial score (nSPS) is 21.9. The van der Waals surface area contributed by atoms with Crippen LogP contribution in [0.4, 0.5) is 0 Å². The molecular weight excluding hydrogens is 378 g/mol. The van der Waals surface area contributed by atoms with Crippen LogP contribution in [-0.2, 0) is 9.53 Å². The topological polar surface area (TPSA) is 73.2 Å². The molecule has 0 radical (unpaired) electrons. The Morgan fingerprint density at radius 3 is 2.68 bits per heavy atom. The van der Waals surface area contributed by atoms with Crippen LogP contribution in [0, 0.1) is 18.8 Å². The molecule has 6 nitrogen and oxygen atoms in total. The number of esters is 1. The fraction of sp³-hybridized carbons (Fsp3) is 0.476. The Hall–Kier alpha value is -2.34. The number of rotatable bonds is 5. The summed E-state index contributed by atoms with van der Waals surface area (Å²) in [6.07, 6.45) is 3.25. The molecule has 150 valence electrons. The number of ether oxygens (including phenoxy) is 1. The van der Waals surface area contributed by atoms with Crippen molar-refractivity contribution in [1.82, 2.24) is 15.1 Å². The van der Waals surface area contributed by atoms with Crippen LogP contribution in [0.3, 0.4) is 0 Å². The van der Waals surface area contributed by atoms with Gasteiger partial charge in [-0.05, 0) is 37.3 Å². The van der Waals surface area contributed by atoms with Gasteiger partial charge >= 0.3 is 5.97 Å². The lowest BCUT2D eigenvalue weighted by Gasteiger charge is -2.34. The van der Waals surface area contributed by atoms with Gasteiger partial charge in [-0.2, -0.15) is 5.10 Å². The molecule has 1 aromatic heterocycles. The highest BCUT2D eigenvalue weighted by molar-refractivity contribution is 6.33. The van der Waals surface area contributed by atoms with Gasteiger partial charge in [0.25, 0.3) is 5.91 Å². The van der Waals surface area contributed by atoms with E-state index in [9.17, 15) is 9.59 Å². The third kappa shape index (κ3) is 4.38. The van der Waals surface area contributed by atoms with Gasteiger partial charge in [0, 0.05) is 6.04 Å². The molecule has 28 heavy (non-hydrogen) atoms. The van der Waals surface area contributed by atoms with Crippen molar-refractivity contribution in [3.05, 3.63) is 46.7 Å². The number of carbonyl (C=O) groups is 2. The van der Waals surface area contributed by atoms with E-state index in [1.165, 1.54) is 11.1 Å². The van der Waals surface area contributed by atoms with E-state index >= 15 is 0 Å². The number of carbonyl (C=O) groups excluding carboxylic acids is 2. The van der Waals surface area contributed by atoms with Crippen molar-refractivity contribution >= 4 is 23.5 Å². The maximum atomic E-state index is 12.5. The molecule has 1 heterocycles. The lowest BCUT2D eigenvalue weighted by atomic mass is 9.78. The quantitative estimate of drug-likeness (QED) is 0.767. The SMILES string of the molecule is Cc1nn(-c2ccccc2)c(Cl)c1C(=O)OCC(=O)N[C@@H]1CCC[C@@H](C)[C@@H]1C. The number of halogens is 1. The Labute approximate surface area is 170 Å². The number of aryl methyl sites for hydroxylation is 1. The van der Waals surface area contributed by atoms with Crippen LogP contribution >= 0.6 is 11.6 Å². The first-order valence-corrected chi connectivity index (χ1v) is 10.0. The van der Waals surface area contributed by atoms with Crippen molar-refractivity contribution in [2.45, 2.75) is 46.1 Å². The second kappa shape index (κ2) is 8.78. The molecule has 0 spiro atoms. The van der Waals surface area contributed by atoms with Gasteiger partial charge in [-0.25, -0.2) is 9.48 Å². The molecule has 0 unspecified atom stereocenters. The third-order valence-electron chi connectivity index (χ3n) is 5.60. The number of nitrogens with zero attached hydrogens (tertiary/aromatic N) is 2. The standard InChI is InChI=1S/C21H26ClN3O3/c1-13-8-7-11-17(14(13)2)23-18(26)12-28-21(27)19-15(3)24-25(20(19)22)16-9-5-4-6-10-16/h4-6,9-10,13-14,17H,7-8,11-12H2,1-3H3,(H,23,26)/t13-,14+,17-/m1/s1. The van der Waals surface area contributed by atoms with Crippen LogP contribution < -0.4 is 5.32 Å². The third-order valence-corrected chi connectivity index (χ3v) is 5.95. The van der Waals surface area contributed by atoms with Gasteiger partial charge in [-0.15, -0.1) is 0 Å². The van der Waals surface area contributed by atoms with E-state index in [1.54, 1.807) is 6.92 Å².